The Morgan fingerprint density at radius 2 is 2.00 bits per heavy atom. The van der Waals surface area contributed by atoms with Crippen LogP contribution in [0.25, 0.3) is 10.9 Å². The van der Waals surface area contributed by atoms with Crippen molar-refractivity contribution in [2.75, 3.05) is 13.7 Å². The van der Waals surface area contributed by atoms with Crippen LogP contribution in [-0.2, 0) is 4.79 Å². The maximum atomic E-state index is 11.6. The lowest BCUT2D eigenvalue weighted by molar-refractivity contribution is -0.121. The first-order valence-electron chi connectivity index (χ1n) is 6.32. The van der Waals surface area contributed by atoms with Crippen LogP contribution in [0.5, 0.6) is 5.75 Å². The molecule has 1 aromatic carbocycles. The molecule has 6 nitrogen and oxygen atoms in total. The maximum absolute atomic E-state index is 11.6. The molecule has 0 radical (unpaired) electrons. The van der Waals surface area contributed by atoms with Gasteiger partial charge in [0.1, 0.15) is 5.52 Å². The van der Waals surface area contributed by atoms with Crippen molar-refractivity contribution in [3.8, 4) is 5.75 Å². The summed E-state index contributed by atoms with van der Waals surface area (Å²) in [5, 5.41) is 5.70. The number of urea groups is 1. The summed E-state index contributed by atoms with van der Waals surface area (Å²) in [6, 6.07) is 4.52. The molecule has 0 aliphatic heterocycles. The summed E-state index contributed by atoms with van der Waals surface area (Å²) in [6.45, 7) is 1.44. The maximum Gasteiger partial charge on any atom is 0.321 e. The molecule has 0 saturated carbocycles. The second-order valence-corrected chi connectivity index (χ2v) is 5.25. The zero-order valence-corrected chi connectivity index (χ0v) is 13.4. The Hall–Kier alpha value is -2.05. The molecule has 0 aliphatic carbocycles. The van der Waals surface area contributed by atoms with E-state index < -0.39 is 11.9 Å². The summed E-state index contributed by atoms with van der Waals surface area (Å²) >= 11 is 12.2. The number of benzene rings is 1. The van der Waals surface area contributed by atoms with Crippen LogP contribution in [0.3, 0.4) is 0 Å². The van der Waals surface area contributed by atoms with Crippen molar-refractivity contribution in [2.45, 2.75) is 6.92 Å². The Labute approximate surface area is 136 Å². The monoisotopic (exact) mass is 341 g/mol. The number of hydrogen-bond acceptors (Lipinski definition) is 4. The van der Waals surface area contributed by atoms with Gasteiger partial charge in [-0.25, -0.2) is 9.78 Å². The lowest BCUT2D eigenvalue weighted by Crippen LogP contribution is -2.40. The fraction of sp³-hybridized carbons (Fsp3) is 0.214. The van der Waals surface area contributed by atoms with Gasteiger partial charge in [-0.05, 0) is 25.1 Å². The summed E-state index contributed by atoms with van der Waals surface area (Å²) in [4.78, 5) is 27.0. The molecule has 0 saturated heterocycles. The molecule has 2 aromatic rings. The number of nitrogens with zero attached hydrogens (tertiary/aromatic N) is 1. The van der Waals surface area contributed by atoms with E-state index in [2.05, 4.69) is 15.6 Å². The number of halogens is 2. The van der Waals surface area contributed by atoms with E-state index in [1.54, 1.807) is 6.07 Å². The topological polar surface area (TPSA) is 80.3 Å². The van der Waals surface area contributed by atoms with E-state index in [9.17, 15) is 9.59 Å². The number of imide groups is 1. The van der Waals surface area contributed by atoms with E-state index in [4.69, 9.17) is 27.9 Å². The van der Waals surface area contributed by atoms with Crippen molar-refractivity contribution >= 4 is 46.0 Å². The van der Waals surface area contributed by atoms with Gasteiger partial charge in [0.2, 0.25) is 0 Å². The minimum Gasteiger partial charge on any atom is -0.480 e. The fourth-order valence-corrected chi connectivity index (χ4v) is 2.36. The zero-order chi connectivity index (χ0) is 16.3. The van der Waals surface area contributed by atoms with Gasteiger partial charge in [-0.3, -0.25) is 10.1 Å². The largest absolute Gasteiger partial charge is 0.480 e. The number of aromatic nitrogens is 1. The standard InChI is InChI=1S/C14H13Cl2N3O3/c1-7-3-4-8-9(15)5-10(16)13(12(8)18-7)22-6-11(20)19-14(21)17-2/h3-5H,6H2,1-2H3,(H2,17,19,20,21). The molecule has 3 amide bonds. The van der Waals surface area contributed by atoms with Gasteiger partial charge in [0.25, 0.3) is 5.91 Å². The second kappa shape index (κ2) is 6.81. The highest BCUT2D eigenvalue weighted by Gasteiger charge is 2.15. The van der Waals surface area contributed by atoms with Gasteiger partial charge in [0, 0.05) is 18.1 Å². The number of pyridine rings is 1. The first kappa shape index (κ1) is 16.3. The third kappa shape index (κ3) is 3.58. The third-order valence-corrected chi connectivity index (χ3v) is 3.40. The molecule has 0 fully saturated rings. The van der Waals surface area contributed by atoms with Gasteiger partial charge >= 0.3 is 6.03 Å². The van der Waals surface area contributed by atoms with Crippen LogP contribution < -0.4 is 15.4 Å². The van der Waals surface area contributed by atoms with Crippen molar-refractivity contribution in [1.82, 2.24) is 15.6 Å². The van der Waals surface area contributed by atoms with Crippen molar-refractivity contribution in [3.05, 3.63) is 33.9 Å². The number of hydrogen-bond donors (Lipinski definition) is 2. The lowest BCUT2D eigenvalue weighted by atomic mass is 10.2. The van der Waals surface area contributed by atoms with Crippen molar-refractivity contribution in [1.29, 1.82) is 0 Å². The first-order chi connectivity index (χ1) is 10.4. The van der Waals surface area contributed by atoms with Crippen LogP contribution in [0.1, 0.15) is 5.69 Å². The number of fused-ring (bicyclic) bond motifs is 1. The number of aryl methyl sites for hydroxylation is 1. The number of carbonyl (C=O) groups excluding carboxylic acids is 2. The highest BCUT2D eigenvalue weighted by Crippen LogP contribution is 2.37. The summed E-state index contributed by atoms with van der Waals surface area (Å²) in [5.41, 5.74) is 1.22. The van der Waals surface area contributed by atoms with Gasteiger partial charge < -0.3 is 10.1 Å². The molecule has 8 heteroatoms. The first-order valence-corrected chi connectivity index (χ1v) is 7.07. The molecule has 22 heavy (non-hydrogen) atoms. The summed E-state index contributed by atoms with van der Waals surface area (Å²) < 4.78 is 5.42. The van der Waals surface area contributed by atoms with Crippen LogP contribution in [0.2, 0.25) is 10.0 Å². The molecule has 1 heterocycles. The van der Waals surface area contributed by atoms with Crippen LogP contribution in [-0.4, -0.2) is 30.6 Å². The molecule has 2 rings (SSSR count). The molecule has 0 unspecified atom stereocenters. The molecule has 0 spiro atoms. The number of amides is 3. The molecular formula is C14H13Cl2N3O3. The lowest BCUT2D eigenvalue weighted by Gasteiger charge is -2.12. The van der Waals surface area contributed by atoms with Crippen LogP contribution in [0.15, 0.2) is 18.2 Å². The molecule has 0 atom stereocenters. The van der Waals surface area contributed by atoms with Crippen LogP contribution in [0.4, 0.5) is 4.79 Å². The van der Waals surface area contributed by atoms with E-state index in [1.807, 2.05) is 13.0 Å². The van der Waals surface area contributed by atoms with Gasteiger partial charge in [-0.15, -0.1) is 0 Å². The smallest absolute Gasteiger partial charge is 0.321 e. The second-order valence-electron chi connectivity index (χ2n) is 4.43. The summed E-state index contributed by atoms with van der Waals surface area (Å²) in [6.07, 6.45) is 0. The summed E-state index contributed by atoms with van der Waals surface area (Å²) in [5.74, 6) is -0.358. The third-order valence-electron chi connectivity index (χ3n) is 2.80. The van der Waals surface area contributed by atoms with Crippen LogP contribution in [0, 0.1) is 6.92 Å². The zero-order valence-electron chi connectivity index (χ0n) is 11.9. The molecular weight excluding hydrogens is 329 g/mol. The number of nitrogens with one attached hydrogen (secondary N) is 2. The number of rotatable bonds is 3. The van der Waals surface area contributed by atoms with E-state index in [-0.39, 0.29) is 17.4 Å². The van der Waals surface area contributed by atoms with Gasteiger partial charge in [-0.1, -0.05) is 23.2 Å². The SMILES string of the molecule is CNC(=O)NC(=O)COc1c(Cl)cc(Cl)c2ccc(C)nc12. The molecule has 1 aromatic heterocycles. The normalized spacial score (nSPS) is 10.4. The van der Waals surface area contributed by atoms with E-state index in [0.29, 0.717) is 15.9 Å². The van der Waals surface area contributed by atoms with Crippen LogP contribution >= 0.6 is 23.2 Å². The highest BCUT2D eigenvalue weighted by atomic mass is 35.5. The van der Waals surface area contributed by atoms with E-state index >= 15 is 0 Å². The van der Waals surface area contributed by atoms with Crippen molar-refractivity contribution in [2.24, 2.45) is 0 Å². The van der Waals surface area contributed by atoms with Gasteiger partial charge in [0.05, 0.1) is 10.0 Å². The molecule has 116 valence electrons. The number of carbonyl (C=O) groups is 2. The Kier molecular flexibility index (Phi) is 5.05. The average molecular weight is 342 g/mol. The van der Waals surface area contributed by atoms with E-state index in [0.717, 1.165) is 5.69 Å². The Bertz CT molecular complexity index is 750. The molecule has 0 aliphatic rings. The quantitative estimate of drug-likeness (QED) is 0.899. The fourth-order valence-electron chi connectivity index (χ4n) is 1.79. The Morgan fingerprint density at radius 3 is 2.68 bits per heavy atom. The van der Waals surface area contributed by atoms with Gasteiger partial charge in [-0.2, -0.15) is 0 Å². The Morgan fingerprint density at radius 1 is 1.27 bits per heavy atom. The van der Waals surface area contributed by atoms with Crippen molar-refractivity contribution in [3.63, 3.8) is 0 Å². The number of ether oxygens (including phenoxy) is 1. The predicted molar refractivity (Wildman–Crippen MR) is 84.6 cm³/mol. The minimum absolute atomic E-state index is 0.239. The highest BCUT2D eigenvalue weighted by molar-refractivity contribution is 6.39. The summed E-state index contributed by atoms with van der Waals surface area (Å²) in [7, 11) is 1.40. The predicted octanol–water partition coefficient (Wildman–Crippen LogP) is 2.68. The molecule has 2 N–H and O–H groups in total. The Balaban J connectivity index is 2.29. The van der Waals surface area contributed by atoms with Crippen molar-refractivity contribution < 1.29 is 14.3 Å². The van der Waals surface area contributed by atoms with Gasteiger partial charge in [0.15, 0.2) is 12.4 Å². The average Bonchev–Trinajstić information content (AvgIpc) is 2.46. The molecule has 0 bridgehead atoms. The van der Waals surface area contributed by atoms with E-state index in [1.165, 1.54) is 13.1 Å². The minimum atomic E-state index is -0.616.